The molecule has 0 aromatic heterocycles. The molecule has 9 nitrogen and oxygen atoms in total. The lowest BCUT2D eigenvalue weighted by Crippen LogP contribution is -2.39. The van der Waals surface area contributed by atoms with Gasteiger partial charge in [-0.2, -0.15) is 23.5 Å². The minimum atomic E-state index is -0.681. The number of hydrogen-bond acceptors (Lipinski definition) is 13. The third kappa shape index (κ3) is 13.7. The van der Waals surface area contributed by atoms with E-state index in [0.29, 0.717) is 110 Å². The fourth-order valence-electron chi connectivity index (χ4n) is 8.64. The molecule has 8 bridgehead atoms. The van der Waals surface area contributed by atoms with Crippen LogP contribution in [0.25, 0.3) is 0 Å². The number of thioether (sulfide) groups is 4. The molecule has 1 unspecified atom stereocenters. The van der Waals surface area contributed by atoms with Crippen molar-refractivity contribution in [2.75, 3.05) is 107 Å². The van der Waals surface area contributed by atoms with Gasteiger partial charge in [-0.25, -0.2) is 0 Å². The molecule has 1 spiro atoms. The van der Waals surface area contributed by atoms with Gasteiger partial charge in [-0.3, -0.25) is 0 Å². The van der Waals surface area contributed by atoms with Gasteiger partial charge in [0.1, 0.15) is 49.4 Å². The van der Waals surface area contributed by atoms with Crippen molar-refractivity contribution in [2.45, 2.75) is 64.1 Å². The Morgan fingerprint density at radius 3 is 1.14 bits per heavy atom. The van der Waals surface area contributed by atoms with Crippen molar-refractivity contribution in [1.82, 2.24) is 0 Å². The van der Waals surface area contributed by atoms with Crippen LogP contribution in [0.1, 0.15) is 83.9 Å². The third-order valence-electron chi connectivity index (χ3n) is 11.7. The van der Waals surface area contributed by atoms with Crippen molar-refractivity contribution in [3.63, 3.8) is 0 Å². The standard InChI is InChI=1S/C52H68O9S4/c1-5-54-18-22-58-47-37-12-9-13-38(47)27-40-15-11-17-42(49(40)60-24-20-56-7-3)29-45-31-43(46(53)51-64-34-52(35-65-51)32-62-36-63-33-52)30-44(50(45)61-25-21-57-8-4)28-41-16-10-14-39(26-37)48(41)59-23-19-55-6-2/h9-17,30-31,46,51,53H,5-8,18-29,32-36H2,1-4H3. The van der Waals surface area contributed by atoms with Crippen LogP contribution in [0.3, 0.4) is 0 Å². The Kier molecular flexibility index (Phi) is 20.2. The van der Waals surface area contributed by atoms with Crippen LogP contribution in [0.5, 0.6) is 23.0 Å². The Morgan fingerprint density at radius 1 is 0.477 bits per heavy atom. The highest BCUT2D eigenvalue weighted by molar-refractivity contribution is 8.18. The largest absolute Gasteiger partial charge is 0.491 e. The number of hydrogen-bond donors (Lipinski definition) is 1. The summed E-state index contributed by atoms with van der Waals surface area (Å²) < 4.78 is 50.2. The van der Waals surface area contributed by atoms with Crippen LogP contribution in [0.2, 0.25) is 0 Å². The van der Waals surface area contributed by atoms with Crippen molar-refractivity contribution in [1.29, 1.82) is 0 Å². The Labute approximate surface area is 404 Å². The van der Waals surface area contributed by atoms with Gasteiger partial charge in [-0.05, 0) is 89.9 Å². The average molecular weight is 965 g/mol. The highest BCUT2D eigenvalue weighted by Gasteiger charge is 2.40. The molecule has 2 fully saturated rings. The number of aliphatic hydroxyl groups is 1. The highest BCUT2D eigenvalue weighted by Crippen LogP contribution is 2.51. The third-order valence-corrected chi connectivity index (χ3v) is 18.2. The topological polar surface area (TPSA) is 94.1 Å². The lowest BCUT2D eigenvalue weighted by atomic mass is 9.90. The van der Waals surface area contributed by atoms with E-state index in [4.69, 9.17) is 37.9 Å². The lowest BCUT2D eigenvalue weighted by molar-refractivity contribution is 0.108. The second-order valence-corrected chi connectivity index (χ2v) is 21.4. The summed E-state index contributed by atoms with van der Waals surface area (Å²) in [5.74, 6) is 7.84. The van der Waals surface area contributed by atoms with Gasteiger partial charge in [0.25, 0.3) is 0 Å². The number of rotatable bonds is 22. The molecule has 65 heavy (non-hydrogen) atoms. The first kappa shape index (κ1) is 50.2. The molecule has 13 heteroatoms. The zero-order chi connectivity index (χ0) is 45.3. The molecule has 3 aliphatic rings. The monoisotopic (exact) mass is 964 g/mol. The van der Waals surface area contributed by atoms with Crippen molar-refractivity contribution in [3.05, 3.63) is 117 Å². The van der Waals surface area contributed by atoms with Gasteiger partial charge in [-0.1, -0.05) is 54.6 Å². The Morgan fingerprint density at radius 2 is 0.800 bits per heavy atom. The number of benzene rings is 4. The SMILES string of the molecule is CCOCCOc1c2cccc1Cc1cccc(c1OCCOCC)Cc1cc(C(O)C3SCC4(CSCSC4)CS3)cc(c1OCCOCC)Cc1cccc(c1OCCOCC)C2. The molecular weight excluding hydrogens is 897 g/mol. The summed E-state index contributed by atoms with van der Waals surface area (Å²) in [5.41, 5.74) is 9.51. The zero-order valence-electron chi connectivity index (χ0n) is 38.7. The van der Waals surface area contributed by atoms with Crippen LogP contribution in [0, 0.1) is 5.41 Å². The van der Waals surface area contributed by atoms with Gasteiger partial charge in [-0.15, -0.1) is 23.5 Å². The van der Waals surface area contributed by atoms with E-state index in [1.807, 2.05) is 51.2 Å². The van der Waals surface area contributed by atoms with E-state index >= 15 is 0 Å². The second kappa shape index (κ2) is 26.1. The molecule has 1 aliphatic carbocycles. The van der Waals surface area contributed by atoms with Crippen molar-refractivity contribution in [3.8, 4) is 23.0 Å². The van der Waals surface area contributed by atoms with Crippen molar-refractivity contribution < 1.29 is 43.0 Å². The molecule has 1 N–H and O–H groups in total. The minimum absolute atomic E-state index is 0.0152. The van der Waals surface area contributed by atoms with E-state index in [9.17, 15) is 5.11 Å². The molecule has 0 radical (unpaired) electrons. The van der Waals surface area contributed by atoms with Gasteiger partial charge < -0.3 is 43.0 Å². The number of aliphatic hydroxyl groups excluding tert-OH is 1. The van der Waals surface area contributed by atoms with E-state index in [1.54, 1.807) is 0 Å². The predicted octanol–water partition coefficient (Wildman–Crippen LogP) is 10.3. The van der Waals surface area contributed by atoms with Gasteiger partial charge in [0.15, 0.2) is 0 Å². The van der Waals surface area contributed by atoms with Crippen LogP contribution in [-0.4, -0.2) is 117 Å². The van der Waals surface area contributed by atoms with Gasteiger partial charge in [0.2, 0.25) is 0 Å². The fraction of sp³-hybridized carbons (Fsp3) is 0.538. The fourth-order valence-corrected chi connectivity index (χ4v) is 15.2. The molecule has 354 valence electrons. The predicted molar refractivity (Wildman–Crippen MR) is 271 cm³/mol. The van der Waals surface area contributed by atoms with Crippen LogP contribution >= 0.6 is 47.0 Å². The summed E-state index contributed by atoms with van der Waals surface area (Å²) in [5, 5.41) is 13.7. The van der Waals surface area contributed by atoms with E-state index < -0.39 is 6.10 Å². The number of para-hydroxylation sites is 3. The second-order valence-electron chi connectivity index (χ2n) is 16.5. The molecule has 7 rings (SSSR count). The smallest absolute Gasteiger partial charge is 0.126 e. The normalized spacial score (nSPS) is 16.6. The summed E-state index contributed by atoms with van der Waals surface area (Å²) in [4.78, 5) is 0. The van der Waals surface area contributed by atoms with Crippen molar-refractivity contribution in [2.24, 2.45) is 5.41 Å². The molecule has 2 saturated heterocycles. The first-order valence-electron chi connectivity index (χ1n) is 23.3. The molecule has 4 aromatic carbocycles. The van der Waals surface area contributed by atoms with Crippen LogP contribution in [0.15, 0.2) is 66.7 Å². The Bertz CT molecular complexity index is 1980. The summed E-state index contributed by atoms with van der Waals surface area (Å²) in [6.45, 7) is 14.0. The van der Waals surface area contributed by atoms with E-state index in [1.165, 1.54) is 16.6 Å². The van der Waals surface area contributed by atoms with Crippen LogP contribution in [-0.2, 0) is 44.6 Å². The summed E-state index contributed by atoms with van der Waals surface area (Å²) >= 11 is 7.96. The quantitative estimate of drug-likeness (QED) is 0.0668. The Balaban J connectivity index is 1.38. The van der Waals surface area contributed by atoms with Crippen molar-refractivity contribution >= 4 is 47.0 Å². The summed E-state index contributed by atoms with van der Waals surface area (Å²) in [7, 11) is 0. The maximum absolute atomic E-state index is 12.5. The zero-order valence-corrected chi connectivity index (χ0v) is 42.0. The van der Waals surface area contributed by atoms with E-state index in [2.05, 4.69) is 90.3 Å². The maximum Gasteiger partial charge on any atom is 0.126 e. The molecule has 0 saturated carbocycles. The molecular formula is C52H68O9S4. The van der Waals surface area contributed by atoms with Gasteiger partial charge in [0, 0.05) is 85.6 Å². The van der Waals surface area contributed by atoms with Crippen LogP contribution in [0.4, 0.5) is 0 Å². The molecule has 0 amide bonds. The van der Waals surface area contributed by atoms with Gasteiger partial charge >= 0.3 is 0 Å². The number of fused-ring (bicyclic) bond motifs is 8. The molecule has 1 atom stereocenters. The summed E-state index contributed by atoms with van der Waals surface area (Å²) in [6.07, 6.45) is 1.54. The lowest BCUT2D eigenvalue weighted by Gasteiger charge is -2.42. The summed E-state index contributed by atoms with van der Waals surface area (Å²) in [6, 6.07) is 23.7. The molecule has 2 aliphatic heterocycles. The minimum Gasteiger partial charge on any atom is -0.491 e. The first-order chi connectivity index (χ1) is 32.0. The molecule has 2 heterocycles. The van der Waals surface area contributed by atoms with Crippen LogP contribution < -0.4 is 18.9 Å². The maximum atomic E-state index is 12.5. The van der Waals surface area contributed by atoms with Gasteiger partial charge in [0.05, 0.1) is 37.1 Å². The average Bonchev–Trinajstić information content (AvgIpc) is 3.32. The highest BCUT2D eigenvalue weighted by atomic mass is 32.2. The number of ether oxygens (including phenoxy) is 8. The van der Waals surface area contributed by atoms with E-state index in [0.717, 1.165) is 84.6 Å². The van der Waals surface area contributed by atoms with E-state index in [-0.39, 0.29) is 4.58 Å². The molecule has 4 aromatic rings. The Hall–Kier alpha value is -2.72. The first-order valence-corrected chi connectivity index (χ1v) is 27.7.